The number of nitrogens with zero attached hydrogens (tertiary/aromatic N) is 3. The van der Waals surface area contributed by atoms with Crippen molar-refractivity contribution in [2.24, 2.45) is 0 Å². The summed E-state index contributed by atoms with van der Waals surface area (Å²) in [5.41, 5.74) is 3.15. The summed E-state index contributed by atoms with van der Waals surface area (Å²) in [7, 11) is -1.22. The maximum Gasteiger partial charge on any atom is 0.296 e. The van der Waals surface area contributed by atoms with Gasteiger partial charge < -0.3 is 9.47 Å². The molecular weight excluding hydrogens is 522 g/mol. The largest absolute Gasteiger partial charge is 0.496 e. The van der Waals surface area contributed by atoms with Gasteiger partial charge in [-0.05, 0) is 60.2 Å². The molecule has 0 spiro atoms. The number of hydrogen-bond donors (Lipinski definition) is 2. The Morgan fingerprint density at radius 2 is 1.89 bits per heavy atom. The number of carbonyl (C=O) groups is 1. The molecule has 2 N–H and O–H groups in total. The molecule has 186 valence electrons. The summed E-state index contributed by atoms with van der Waals surface area (Å²) in [5.74, 6) is 0.152. The van der Waals surface area contributed by atoms with Crippen LogP contribution in [-0.4, -0.2) is 38.7 Å². The Morgan fingerprint density at radius 3 is 2.58 bits per heavy atom. The highest BCUT2D eigenvalue weighted by molar-refractivity contribution is 7.91. The van der Waals surface area contributed by atoms with Gasteiger partial charge in [-0.2, -0.15) is 0 Å². The van der Waals surface area contributed by atoms with E-state index in [0.29, 0.717) is 32.4 Å². The number of amides is 1. The molecule has 36 heavy (non-hydrogen) atoms. The van der Waals surface area contributed by atoms with Gasteiger partial charge >= 0.3 is 0 Å². The number of halogens is 1. The van der Waals surface area contributed by atoms with Crippen molar-refractivity contribution in [3.05, 3.63) is 76.6 Å². The minimum atomic E-state index is -2.77. The average molecular weight is 544 g/mol. The Morgan fingerprint density at radius 1 is 1.14 bits per heavy atom. The highest BCUT2D eigenvalue weighted by atomic mass is 35.5. The second kappa shape index (κ2) is 10.6. The molecule has 0 saturated carbocycles. The molecular formula is C24H22ClN5O4S2. The molecule has 2 aromatic heterocycles. The van der Waals surface area contributed by atoms with Crippen molar-refractivity contribution >= 4 is 43.7 Å². The quantitative estimate of drug-likeness (QED) is 0.303. The van der Waals surface area contributed by atoms with Crippen LogP contribution < -0.4 is 14.8 Å². The van der Waals surface area contributed by atoms with Crippen LogP contribution in [0.4, 0.5) is 5.13 Å². The molecule has 0 bridgehead atoms. The van der Waals surface area contributed by atoms with Gasteiger partial charge in [0.1, 0.15) is 12.4 Å². The van der Waals surface area contributed by atoms with Crippen LogP contribution in [0.15, 0.2) is 59.6 Å². The fourth-order valence-corrected chi connectivity index (χ4v) is 4.75. The number of hydrogen-bond acceptors (Lipinski definition) is 9. The van der Waals surface area contributed by atoms with Crippen LogP contribution in [0, 0.1) is 11.7 Å². The third-order valence-electron chi connectivity index (χ3n) is 5.10. The van der Waals surface area contributed by atoms with Gasteiger partial charge in [0.25, 0.3) is 11.1 Å². The zero-order chi connectivity index (χ0) is 25.9. The monoisotopic (exact) mass is 543 g/mol. The van der Waals surface area contributed by atoms with Crippen LogP contribution in [0.25, 0.3) is 11.1 Å². The van der Waals surface area contributed by atoms with Crippen molar-refractivity contribution in [1.82, 2.24) is 15.2 Å². The molecule has 2 aromatic carbocycles. The molecule has 4 aromatic rings. The second-order valence-corrected chi connectivity index (χ2v) is 11.4. The Bertz CT molecular complexity index is 1520. The molecule has 0 saturated heterocycles. The minimum absolute atomic E-state index is 0.201. The molecule has 0 aliphatic rings. The number of rotatable bonds is 8. The lowest BCUT2D eigenvalue weighted by atomic mass is 9.99. The van der Waals surface area contributed by atoms with E-state index < -0.39 is 15.6 Å². The van der Waals surface area contributed by atoms with E-state index >= 15 is 0 Å². The smallest absolute Gasteiger partial charge is 0.296 e. The molecule has 1 atom stereocenters. The standard InChI is InChI=1S/C24H22ClN5O4S2/c1-14-10-18(19-11-16(25)6-9-21(19)33-2)20(12-27-14)22(31)28-23-29-30-24(35-23)34-13-15-4-7-17(8-5-15)36(3,26)32/h4-12,26H,13H2,1-3H3,(H,28,29,31)/t36-/m0/s1. The van der Waals surface area contributed by atoms with Crippen LogP contribution in [-0.2, 0) is 16.3 Å². The summed E-state index contributed by atoms with van der Waals surface area (Å²) in [6, 6.07) is 13.7. The molecule has 1 amide bonds. The summed E-state index contributed by atoms with van der Waals surface area (Å²) < 4.78 is 30.6. The number of nitrogens with one attached hydrogen (secondary N) is 2. The molecule has 12 heteroatoms. The number of methoxy groups -OCH3 is 1. The highest BCUT2D eigenvalue weighted by Crippen LogP contribution is 2.35. The van der Waals surface area contributed by atoms with Gasteiger partial charge in [0.2, 0.25) is 5.13 Å². The summed E-state index contributed by atoms with van der Waals surface area (Å²) in [5, 5.41) is 11.7. The third kappa shape index (κ3) is 5.99. The Labute approximate surface area is 217 Å². The number of aromatic nitrogens is 3. The number of ether oxygens (including phenoxy) is 2. The molecule has 0 aliphatic carbocycles. The molecule has 2 heterocycles. The molecule has 0 aliphatic heterocycles. The predicted octanol–water partition coefficient (Wildman–Crippen LogP) is 5.44. The Hall–Kier alpha value is -3.54. The van der Waals surface area contributed by atoms with Crippen molar-refractivity contribution in [3.63, 3.8) is 0 Å². The topological polar surface area (TPSA) is 127 Å². The van der Waals surface area contributed by atoms with Crippen molar-refractivity contribution in [3.8, 4) is 22.1 Å². The molecule has 4 rings (SSSR count). The maximum absolute atomic E-state index is 13.1. The van der Waals surface area contributed by atoms with Crippen molar-refractivity contribution < 1.29 is 18.5 Å². The first-order chi connectivity index (χ1) is 17.1. The molecule has 9 nitrogen and oxygen atoms in total. The SMILES string of the molecule is COc1ccc(Cl)cc1-c1cc(C)ncc1C(=O)Nc1nnc(OCc2ccc([S@@](C)(=N)=O)cc2)s1. The number of pyridine rings is 1. The number of anilines is 1. The zero-order valence-electron chi connectivity index (χ0n) is 19.6. The van der Waals surface area contributed by atoms with Gasteiger partial charge in [-0.1, -0.05) is 28.8 Å². The second-order valence-electron chi connectivity index (χ2n) is 7.82. The number of benzene rings is 2. The maximum atomic E-state index is 13.1. The van der Waals surface area contributed by atoms with Crippen LogP contribution >= 0.6 is 22.9 Å². The first-order valence-electron chi connectivity index (χ1n) is 10.5. The van der Waals surface area contributed by atoms with Crippen LogP contribution in [0.1, 0.15) is 21.6 Å². The predicted molar refractivity (Wildman–Crippen MR) is 140 cm³/mol. The van der Waals surface area contributed by atoms with Crippen molar-refractivity contribution in [2.45, 2.75) is 18.4 Å². The molecule has 0 fully saturated rings. The van der Waals surface area contributed by atoms with Gasteiger partial charge in [0.05, 0.1) is 22.4 Å². The fraction of sp³-hybridized carbons (Fsp3) is 0.167. The first kappa shape index (κ1) is 25.5. The summed E-state index contributed by atoms with van der Waals surface area (Å²) in [6.07, 6.45) is 2.87. The van der Waals surface area contributed by atoms with E-state index in [-0.39, 0.29) is 16.9 Å². The average Bonchev–Trinajstić information content (AvgIpc) is 3.29. The minimum Gasteiger partial charge on any atom is -0.496 e. The van der Waals surface area contributed by atoms with Crippen LogP contribution in [0.5, 0.6) is 10.9 Å². The summed E-state index contributed by atoms with van der Waals surface area (Å²) >= 11 is 7.29. The lowest BCUT2D eigenvalue weighted by Gasteiger charge is -2.13. The molecule has 0 unspecified atom stereocenters. The summed E-state index contributed by atoms with van der Waals surface area (Å²) in [4.78, 5) is 17.9. The third-order valence-corrected chi connectivity index (χ3v) is 7.26. The van der Waals surface area contributed by atoms with Crippen molar-refractivity contribution in [1.29, 1.82) is 4.78 Å². The van der Waals surface area contributed by atoms with E-state index in [2.05, 4.69) is 20.5 Å². The van der Waals surface area contributed by atoms with Gasteiger partial charge in [-0.15, -0.1) is 5.10 Å². The normalized spacial score (nSPS) is 12.6. The van der Waals surface area contributed by atoms with Gasteiger partial charge in [0, 0.05) is 39.2 Å². The lowest BCUT2D eigenvalue weighted by Crippen LogP contribution is -2.14. The fourth-order valence-electron chi connectivity index (χ4n) is 3.33. The number of aryl methyl sites for hydroxylation is 1. The Kier molecular flexibility index (Phi) is 7.53. The molecule has 0 radical (unpaired) electrons. The van der Waals surface area contributed by atoms with E-state index in [9.17, 15) is 9.00 Å². The van der Waals surface area contributed by atoms with E-state index in [1.54, 1.807) is 55.6 Å². The van der Waals surface area contributed by atoms with Gasteiger partial charge in [0.15, 0.2) is 0 Å². The lowest BCUT2D eigenvalue weighted by molar-refractivity contribution is 0.102. The van der Waals surface area contributed by atoms with Crippen LogP contribution in [0.3, 0.4) is 0 Å². The van der Waals surface area contributed by atoms with Gasteiger partial charge in [-0.3, -0.25) is 15.1 Å². The summed E-state index contributed by atoms with van der Waals surface area (Å²) in [6.45, 7) is 2.03. The van der Waals surface area contributed by atoms with E-state index in [1.165, 1.54) is 12.5 Å². The van der Waals surface area contributed by atoms with Gasteiger partial charge in [-0.25, -0.2) is 8.99 Å². The van der Waals surface area contributed by atoms with Crippen molar-refractivity contribution in [2.75, 3.05) is 18.7 Å². The van der Waals surface area contributed by atoms with E-state index in [0.717, 1.165) is 22.6 Å². The first-order valence-corrected chi connectivity index (χ1v) is 13.7. The van der Waals surface area contributed by atoms with E-state index in [1.807, 2.05) is 6.92 Å². The van der Waals surface area contributed by atoms with Crippen LogP contribution in [0.2, 0.25) is 5.02 Å². The highest BCUT2D eigenvalue weighted by Gasteiger charge is 2.19. The zero-order valence-corrected chi connectivity index (χ0v) is 22.0. The number of carbonyl (C=O) groups excluding carboxylic acids is 1. The van der Waals surface area contributed by atoms with E-state index in [4.69, 9.17) is 25.9 Å². The Balaban J connectivity index is 1.49.